The van der Waals surface area contributed by atoms with Crippen LogP contribution in [0.25, 0.3) is 33.7 Å². The normalized spacial score (nSPS) is 15.3. The van der Waals surface area contributed by atoms with E-state index in [1.54, 1.807) is 6.92 Å². The zero-order chi connectivity index (χ0) is 22.9. The Morgan fingerprint density at radius 3 is 2.85 bits per heavy atom. The summed E-state index contributed by atoms with van der Waals surface area (Å²) in [5, 5.41) is 5.36. The van der Waals surface area contributed by atoms with Crippen molar-refractivity contribution >= 4 is 16.9 Å². The molecule has 4 aromatic rings. The van der Waals surface area contributed by atoms with Crippen LogP contribution in [0.3, 0.4) is 0 Å². The van der Waals surface area contributed by atoms with Gasteiger partial charge in [0.1, 0.15) is 6.61 Å². The summed E-state index contributed by atoms with van der Waals surface area (Å²) in [6.45, 7) is 6.46. The Morgan fingerprint density at radius 2 is 2.03 bits per heavy atom. The smallest absolute Gasteiger partial charge is 0.332 e. The number of aryl methyl sites for hydroxylation is 1. The third-order valence-electron chi connectivity index (χ3n) is 6.08. The lowest BCUT2D eigenvalue weighted by atomic mass is 10.1. The van der Waals surface area contributed by atoms with Crippen LogP contribution in [0.5, 0.6) is 0 Å². The predicted octanol–water partition coefficient (Wildman–Crippen LogP) is 5.51. The number of carbonyl (C=O) groups is 1. The Bertz CT molecular complexity index is 1300. The van der Waals surface area contributed by atoms with Gasteiger partial charge in [-0.3, -0.25) is 0 Å². The van der Waals surface area contributed by atoms with Gasteiger partial charge in [0.15, 0.2) is 0 Å². The molecule has 2 aromatic heterocycles. The van der Waals surface area contributed by atoms with Crippen LogP contribution in [0.1, 0.15) is 50.5 Å². The highest BCUT2D eigenvalue weighted by atomic mass is 16.6. The summed E-state index contributed by atoms with van der Waals surface area (Å²) in [4.78, 5) is 16.2. The quantitative estimate of drug-likeness (QED) is 0.349. The van der Waals surface area contributed by atoms with Crippen molar-refractivity contribution in [2.45, 2.75) is 45.8 Å². The van der Waals surface area contributed by atoms with Gasteiger partial charge in [-0.05, 0) is 75.1 Å². The third-order valence-corrected chi connectivity index (χ3v) is 6.08. The van der Waals surface area contributed by atoms with Crippen molar-refractivity contribution in [2.75, 3.05) is 13.2 Å². The van der Waals surface area contributed by atoms with Crippen molar-refractivity contribution < 1.29 is 18.8 Å². The molecule has 1 aliphatic carbocycles. The van der Waals surface area contributed by atoms with Crippen LogP contribution in [0.2, 0.25) is 0 Å². The van der Waals surface area contributed by atoms with Crippen molar-refractivity contribution in [1.82, 2.24) is 14.7 Å². The van der Waals surface area contributed by atoms with E-state index in [1.165, 1.54) is 11.1 Å². The number of esters is 1. The molecule has 2 aromatic carbocycles. The molecule has 0 N–H and O–H groups in total. The fourth-order valence-electron chi connectivity index (χ4n) is 4.47. The second-order valence-corrected chi connectivity index (χ2v) is 8.57. The van der Waals surface area contributed by atoms with Gasteiger partial charge in [0.05, 0.1) is 12.7 Å². The molecule has 0 amide bonds. The van der Waals surface area contributed by atoms with Crippen molar-refractivity contribution in [3.05, 3.63) is 59.8 Å². The molecule has 0 spiro atoms. The van der Waals surface area contributed by atoms with Gasteiger partial charge in [0.2, 0.25) is 5.82 Å². The first-order valence-electron chi connectivity index (χ1n) is 11.4. The Kier molecular flexibility index (Phi) is 5.72. The fourth-order valence-corrected chi connectivity index (χ4v) is 4.47. The summed E-state index contributed by atoms with van der Waals surface area (Å²) < 4.78 is 18.6. The van der Waals surface area contributed by atoms with E-state index in [1.807, 2.05) is 18.2 Å². The minimum absolute atomic E-state index is 0.0290. The highest BCUT2D eigenvalue weighted by Gasteiger charge is 2.25. The molecule has 0 fully saturated rings. The molecular formula is C26H27N3O4. The molecule has 7 nitrogen and oxygen atoms in total. The van der Waals surface area contributed by atoms with E-state index < -0.39 is 0 Å². The van der Waals surface area contributed by atoms with Crippen LogP contribution in [-0.2, 0) is 20.7 Å². The van der Waals surface area contributed by atoms with Gasteiger partial charge in [-0.15, -0.1) is 0 Å². The third kappa shape index (κ3) is 4.16. The highest BCUT2D eigenvalue weighted by Crippen LogP contribution is 2.36. The standard InChI is InChI=1S/C26H27N3O4/c1-4-31-24(30)15-32-23-10-7-17-13-19(5-8-21(17)23)25-27-26(33-28-25)20-6-9-22-18(14-20)11-12-29(22)16(2)3/h5-6,8-9,11-14,16,23H,4,7,10,15H2,1-3H3. The molecule has 1 unspecified atom stereocenters. The van der Waals surface area contributed by atoms with Crippen LogP contribution in [0.4, 0.5) is 0 Å². The number of hydrogen-bond acceptors (Lipinski definition) is 6. The number of aromatic nitrogens is 3. The number of benzene rings is 2. The number of ether oxygens (including phenoxy) is 2. The van der Waals surface area contributed by atoms with Crippen molar-refractivity contribution in [3.8, 4) is 22.8 Å². The maximum Gasteiger partial charge on any atom is 0.332 e. The maximum absolute atomic E-state index is 11.6. The van der Waals surface area contributed by atoms with E-state index in [4.69, 9.17) is 14.0 Å². The lowest BCUT2D eigenvalue weighted by molar-refractivity contribution is -0.150. The Morgan fingerprint density at radius 1 is 1.18 bits per heavy atom. The van der Waals surface area contributed by atoms with Gasteiger partial charge in [0.25, 0.3) is 5.89 Å². The maximum atomic E-state index is 11.6. The fraction of sp³-hybridized carbons (Fsp3) is 0.346. The van der Waals surface area contributed by atoms with Gasteiger partial charge < -0.3 is 18.6 Å². The van der Waals surface area contributed by atoms with Gasteiger partial charge >= 0.3 is 5.97 Å². The van der Waals surface area contributed by atoms with E-state index in [9.17, 15) is 4.79 Å². The van der Waals surface area contributed by atoms with Gasteiger partial charge in [-0.2, -0.15) is 4.98 Å². The van der Waals surface area contributed by atoms with E-state index in [0.717, 1.165) is 34.9 Å². The first-order chi connectivity index (χ1) is 16.0. The summed E-state index contributed by atoms with van der Waals surface area (Å²) in [6.07, 6.45) is 3.73. The summed E-state index contributed by atoms with van der Waals surface area (Å²) in [6, 6.07) is 14.8. The van der Waals surface area contributed by atoms with E-state index in [2.05, 4.69) is 59.0 Å². The van der Waals surface area contributed by atoms with Crippen LogP contribution in [0, 0.1) is 0 Å². The molecule has 0 bridgehead atoms. The molecule has 0 saturated carbocycles. The van der Waals surface area contributed by atoms with Crippen molar-refractivity contribution in [3.63, 3.8) is 0 Å². The molecule has 0 aliphatic heterocycles. The molecular weight excluding hydrogens is 418 g/mol. The second kappa shape index (κ2) is 8.83. The first-order valence-corrected chi connectivity index (χ1v) is 11.4. The monoisotopic (exact) mass is 445 g/mol. The van der Waals surface area contributed by atoms with Gasteiger partial charge in [-0.25, -0.2) is 4.79 Å². The number of hydrogen-bond donors (Lipinski definition) is 0. The Balaban J connectivity index is 1.34. The van der Waals surface area contributed by atoms with Crippen molar-refractivity contribution in [2.24, 2.45) is 0 Å². The van der Waals surface area contributed by atoms with Gasteiger partial charge in [0, 0.05) is 34.3 Å². The molecule has 33 heavy (non-hydrogen) atoms. The molecule has 1 aliphatic rings. The molecule has 0 radical (unpaired) electrons. The minimum atomic E-state index is -0.333. The lowest BCUT2D eigenvalue weighted by Gasteiger charge is -2.12. The number of fused-ring (bicyclic) bond motifs is 2. The number of nitrogens with zero attached hydrogens (tertiary/aromatic N) is 3. The average Bonchev–Trinajstić information content (AvgIpc) is 3.55. The predicted molar refractivity (Wildman–Crippen MR) is 125 cm³/mol. The van der Waals surface area contributed by atoms with Crippen molar-refractivity contribution in [1.29, 1.82) is 0 Å². The highest BCUT2D eigenvalue weighted by molar-refractivity contribution is 5.84. The molecule has 7 heteroatoms. The zero-order valence-electron chi connectivity index (χ0n) is 19.1. The minimum Gasteiger partial charge on any atom is -0.464 e. The Hall–Kier alpha value is -3.45. The van der Waals surface area contributed by atoms with E-state index >= 15 is 0 Å². The molecule has 1 atom stereocenters. The summed E-state index contributed by atoms with van der Waals surface area (Å²) in [5.41, 5.74) is 5.28. The number of carbonyl (C=O) groups excluding carboxylic acids is 1. The molecule has 2 heterocycles. The number of rotatable bonds is 7. The lowest BCUT2D eigenvalue weighted by Crippen LogP contribution is -2.14. The topological polar surface area (TPSA) is 79.4 Å². The summed E-state index contributed by atoms with van der Waals surface area (Å²) in [5.74, 6) is 0.727. The van der Waals surface area contributed by atoms with Crippen LogP contribution < -0.4 is 0 Å². The Labute approximate surface area is 192 Å². The first kappa shape index (κ1) is 21.4. The molecule has 0 saturated heterocycles. The average molecular weight is 446 g/mol. The van der Waals surface area contributed by atoms with Gasteiger partial charge in [-0.1, -0.05) is 17.3 Å². The van der Waals surface area contributed by atoms with Crippen LogP contribution in [-0.4, -0.2) is 33.9 Å². The van der Waals surface area contributed by atoms with Crippen LogP contribution in [0.15, 0.2) is 53.2 Å². The molecule has 170 valence electrons. The van der Waals surface area contributed by atoms with Crippen LogP contribution >= 0.6 is 0 Å². The summed E-state index contributed by atoms with van der Waals surface area (Å²) in [7, 11) is 0. The zero-order valence-corrected chi connectivity index (χ0v) is 19.1. The SMILES string of the molecule is CCOC(=O)COC1CCc2cc(-c3noc(-c4ccc5c(ccn5C(C)C)c4)n3)ccc21. The summed E-state index contributed by atoms with van der Waals surface area (Å²) >= 11 is 0. The second-order valence-electron chi connectivity index (χ2n) is 8.57. The van der Waals surface area contributed by atoms with E-state index in [-0.39, 0.29) is 18.7 Å². The van der Waals surface area contributed by atoms with E-state index in [0.29, 0.717) is 24.4 Å². The molecule has 5 rings (SSSR count). The largest absolute Gasteiger partial charge is 0.464 e.